The number of benzene rings is 1. The Morgan fingerprint density at radius 1 is 0.947 bits per heavy atom. The molecule has 8 rings (SSSR count). The zero-order valence-electron chi connectivity index (χ0n) is 33.5. The van der Waals surface area contributed by atoms with Gasteiger partial charge in [0.05, 0.1) is 53.9 Å². The molecule has 0 radical (unpaired) electrons. The Labute approximate surface area is 336 Å². The van der Waals surface area contributed by atoms with Crippen LogP contribution >= 0.6 is 0 Å². The van der Waals surface area contributed by atoms with Gasteiger partial charge in [0.2, 0.25) is 21.8 Å². The summed E-state index contributed by atoms with van der Waals surface area (Å²) in [7, 11) is -2.19. The van der Waals surface area contributed by atoms with Gasteiger partial charge in [-0.05, 0) is 113 Å². The van der Waals surface area contributed by atoms with Crippen molar-refractivity contribution in [3.8, 4) is 11.5 Å². The second kappa shape index (κ2) is 16.5. The number of methoxy groups -OCH3 is 1. The van der Waals surface area contributed by atoms with Gasteiger partial charge in [0.15, 0.2) is 5.78 Å². The number of carbonyl (C=O) groups is 4. The summed E-state index contributed by atoms with van der Waals surface area (Å²) in [5.74, 6) is -0.642. The Balaban J connectivity index is 1.13. The summed E-state index contributed by atoms with van der Waals surface area (Å²) in [5.41, 5.74) is 0.511. The number of hydrogen-bond acceptors (Lipinski definition) is 10. The number of rotatable bonds is 9. The number of nitrogens with zero attached hydrogens (tertiary/aromatic N) is 2. The lowest BCUT2D eigenvalue weighted by Gasteiger charge is -2.31. The fourth-order valence-electron chi connectivity index (χ4n) is 10.6. The second-order valence-corrected chi connectivity index (χ2v) is 19.9. The monoisotopic (exact) mass is 805 g/mol. The van der Waals surface area contributed by atoms with E-state index in [2.05, 4.69) is 4.72 Å². The first-order valence-corrected chi connectivity index (χ1v) is 23.3. The zero-order valence-corrected chi connectivity index (χ0v) is 34.4. The molecule has 3 heterocycles. The summed E-state index contributed by atoms with van der Waals surface area (Å²) in [6.45, 7) is 2.08. The maximum Gasteiger partial charge on any atom is 0.306 e. The molecule has 1 N–H and O–H groups in total. The smallest absolute Gasteiger partial charge is 0.306 e. The van der Waals surface area contributed by atoms with Crippen LogP contribution in [0.15, 0.2) is 24.3 Å². The van der Waals surface area contributed by atoms with Gasteiger partial charge < -0.3 is 19.1 Å². The molecular weight excluding hydrogens is 747 g/mol. The van der Waals surface area contributed by atoms with Crippen LogP contribution in [0.3, 0.4) is 0 Å². The van der Waals surface area contributed by atoms with E-state index in [1.54, 1.807) is 12.0 Å². The van der Waals surface area contributed by atoms with Gasteiger partial charge in [-0.3, -0.25) is 23.9 Å². The lowest BCUT2D eigenvalue weighted by Crippen LogP contribution is -2.47. The molecule has 0 spiro atoms. The van der Waals surface area contributed by atoms with E-state index in [1.807, 2.05) is 31.2 Å². The maximum atomic E-state index is 15.0. The van der Waals surface area contributed by atoms with Crippen molar-refractivity contribution in [2.45, 2.75) is 152 Å². The molecule has 2 bridgehead atoms. The molecule has 1 aromatic heterocycles. The lowest BCUT2D eigenvalue weighted by atomic mass is 9.86. The van der Waals surface area contributed by atoms with Crippen LogP contribution in [0, 0.1) is 29.1 Å². The second-order valence-electron chi connectivity index (χ2n) is 17.9. The van der Waals surface area contributed by atoms with Gasteiger partial charge in [0, 0.05) is 18.2 Å². The van der Waals surface area contributed by atoms with Crippen LogP contribution in [0.5, 0.6) is 11.5 Å². The van der Waals surface area contributed by atoms with Crippen molar-refractivity contribution in [2.75, 3.05) is 13.7 Å². The van der Waals surface area contributed by atoms with Gasteiger partial charge in [-0.15, -0.1) is 0 Å². The summed E-state index contributed by atoms with van der Waals surface area (Å²) in [6, 6.07) is 6.84. The zero-order chi connectivity index (χ0) is 39.9. The van der Waals surface area contributed by atoms with Crippen LogP contribution < -0.4 is 14.2 Å². The fourth-order valence-corrected chi connectivity index (χ4v) is 12.0. The molecule has 7 atom stereocenters. The van der Waals surface area contributed by atoms with Gasteiger partial charge >= 0.3 is 5.97 Å². The van der Waals surface area contributed by atoms with E-state index in [0.717, 1.165) is 87.2 Å². The number of pyridine rings is 1. The normalized spacial score (nSPS) is 31.4. The highest BCUT2D eigenvalue weighted by Gasteiger charge is 2.62. The van der Waals surface area contributed by atoms with Crippen molar-refractivity contribution < 1.29 is 41.8 Å². The summed E-state index contributed by atoms with van der Waals surface area (Å²) in [5, 5.41) is 0.288. The number of aromatic nitrogens is 1. The van der Waals surface area contributed by atoms with E-state index >= 15 is 0 Å². The van der Waals surface area contributed by atoms with Gasteiger partial charge in [0.25, 0.3) is 0 Å². The van der Waals surface area contributed by atoms with E-state index in [-0.39, 0.29) is 61.4 Å². The van der Waals surface area contributed by atoms with Gasteiger partial charge in [0.1, 0.15) is 23.7 Å². The van der Waals surface area contributed by atoms with Crippen molar-refractivity contribution >= 4 is 44.5 Å². The molecule has 12 nitrogen and oxygen atoms in total. The van der Waals surface area contributed by atoms with Crippen LogP contribution in [0.4, 0.5) is 0 Å². The van der Waals surface area contributed by atoms with Crippen LogP contribution in [-0.2, 0) is 40.4 Å². The Hall–Kier alpha value is -3.74. The fraction of sp³-hybridized carbons (Fsp3) is 0.705. The van der Waals surface area contributed by atoms with E-state index in [9.17, 15) is 27.6 Å². The molecule has 310 valence electrons. The largest absolute Gasteiger partial charge is 0.497 e. The minimum Gasteiger partial charge on any atom is -0.497 e. The predicted octanol–water partition coefficient (Wildman–Crippen LogP) is 6.60. The molecule has 1 saturated heterocycles. The van der Waals surface area contributed by atoms with Crippen molar-refractivity contribution in [3.05, 3.63) is 30.0 Å². The first-order valence-electron chi connectivity index (χ1n) is 21.7. The highest BCUT2D eigenvalue weighted by Crippen LogP contribution is 2.58. The maximum absolute atomic E-state index is 15.0. The highest BCUT2D eigenvalue weighted by molar-refractivity contribution is 7.90. The van der Waals surface area contributed by atoms with Crippen molar-refractivity contribution in [1.29, 1.82) is 0 Å². The summed E-state index contributed by atoms with van der Waals surface area (Å²) >= 11 is 0. The third-order valence-corrected chi connectivity index (χ3v) is 16.0. The van der Waals surface area contributed by atoms with Crippen molar-refractivity contribution in [3.63, 3.8) is 0 Å². The molecule has 2 aromatic rings. The van der Waals surface area contributed by atoms with E-state index in [0.29, 0.717) is 49.5 Å². The number of hydrogen-bond donors (Lipinski definition) is 1. The predicted molar refractivity (Wildman–Crippen MR) is 213 cm³/mol. The van der Waals surface area contributed by atoms with Crippen molar-refractivity contribution in [2.24, 2.45) is 29.1 Å². The quantitative estimate of drug-likeness (QED) is 0.274. The number of aryl methyl sites for hydroxylation is 1. The molecule has 0 unspecified atom stereocenters. The average molecular weight is 806 g/mol. The van der Waals surface area contributed by atoms with Gasteiger partial charge in [-0.2, -0.15) is 0 Å². The summed E-state index contributed by atoms with van der Waals surface area (Å²) in [4.78, 5) is 63.9. The Morgan fingerprint density at radius 2 is 1.70 bits per heavy atom. The summed E-state index contributed by atoms with van der Waals surface area (Å²) < 4.78 is 46.6. The number of ether oxygens (including phenoxy) is 3. The number of fused-ring (bicyclic) bond motifs is 5. The third kappa shape index (κ3) is 8.55. The van der Waals surface area contributed by atoms with Crippen molar-refractivity contribution in [1.82, 2.24) is 14.6 Å². The Morgan fingerprint density at radius 3 is 2.44 bits per heavy atom. The number of esters is 1. The third-order valence-electron chi connectivity index (χ3n) is 14.2. The highest BCUT2D eigenvalue weighted by atomic mass is 32.2. The number of sulfonamides is 1. The number of carbonyl (C=O) groups excluding carboxylic acids is 4. The SMILES string of the molecule is CC[C@@H]1C[C@]1(CC(=O)[C@@H]1C[C@@H]2CN1C(=O)[C@H](C1CCCC1)CC(=O)O[C@@H]1CCC[C@H]1CCCCCc1nc3ccc(OC)cc3cc1O2)C(=O)NS(=O)(=O)C1CC1. The minimum absolute atomic E-state index is 0.00494. The molecule has 13 heteroatoms. The number of amides is 2. The van der Waals surface area contributed by atoms with Gasteiger partial charge in [-0.1, -0.05) is 39.0 Å². The van der Waals surface area contributed by atoms with E-state index in [1.165, 1.54) is 0 Å². The van der Waals surface area contributed by atoms with Crippen LogP contribution in [0.25, 0.3) is 10.9 Å². The Kier molecular flexibility index (Phi) is 11.6. The van der Waals surface area contributed by atoms with Crippen LogP contribution in [0.2, 0.25) is 0 Å². The standard InChI is InChI=1S/C44H59N3O9S/c1-3-30-24-44(30,43(51)46-57(52,53)33-17-18-33)25-38(48)37-22-32-26-47(37)42(50)34(27-10-7-8-11-27)23-41(49)56-39-15-9-13-28(39)12-5-4-6-14-36-40(55-32)21-29-20-31(54-2)16-19-35(29)45-36/h16,19-21,27-28,30,32-34,37,39H,3-15,17-18,22-26H2,1-2H3,(H,46,51)/t28-,30-,32-,34+,37+,39-,44-/m1/s1. The number of nitrogens with one attached hydrogen (secondary N) is 1. The topological polar surface area (TPSA) is 158 Å². The molecular formula is C44H59N3O9S. The molecule has 4 saturated carbocycles. The van der Waals surface area contributed by atoms with Gasteiger partial charge in [-0.25, -0.2) is 13.4 Å². The molecule has 57 heavy (non-hydrogen) atoms. The van der Waals surface area contributed by atoms with E-state index in [4.69, 9.17) is 19.2 Å². The lowest BCUT2D eigenvalue weighted by molar-refractivity contribution is -0.156. The molecule has 6 aliphatic rings. The van der Waals surface area contributed by atoms with Crippen LogP contribution in [0.1, 0.15) is 128 Å². The molecule has 5 fully saturated rings. The number of ketones is 1. The molecule has 2 amide bonds. The minimum atomic E-state index is -3.81. The Bertz CT molecular complexity index is 1980. The number of Topliss-reactive ketones (excluding diaryl/α,β-unsaturated/α-hetero) is 1. The first kappa shape index (κ1) is 40.1. The molecule has 4 aliphatic carbocycles. The van der Waals surface area contributed by atoms with E-state index < -0.39 is 44.7 Å². The molecule has 2 aliphatic heterocycles. The van der Waals surface area contributed by atoms with Crippen LogP contribution in [-0.4, -0.2) is 79.0 Å². The summed E-state index contributed by atoms with van der Waals surface area (Å²) in [6.07, 6.45) is 12.5. The first-order chi connectivity index (χ1) is 27.5. The average Bonchev–Trinajstić information content (AvgIpc) is 3.98. The molecule has 1 aromatic carbocycles.